The highest BCUT2D eigenvalue weighted by atomic mass is 35.5. The number of aromatic amines is 1. The van der Waals surface area contributed by atoms with Crippen LogP contribution in [-0.2, 0) is 49.5 Å². The third-order valence-electron chi connectivity index (χ3n) is 11.0. The quantitative estimate of drug-likeness (QED) is 0.0187. The van der Waals surface area contributed by atoms with E-state index in [2.05, 4.69) is 30.3 Å². The summed E-state index contributed by atoms with van der Waals surface area (Å²) in [5, 5.41) is 47.5. The summed E-state index contributed by atoms with van der Waals surface area (Å²) in [6, 6.07) is 9.86. The van der Waals surface area contributed by atoms with Gasteiger partial charge in [0.05, 0.1) is 73.3 Å². The number of nitrogens with zero attached hydrogens (tertiary/aromatic N) is 2. The third-order valence-corrected chi connectivity index (χ3v) is 15.5. The minimum Gasteiger partial charge on any atom is -0.869 e. The number of phosphoric acid groups is 3. The van der Waals surface area contributed by atoms with Gasteiger partial charge in [-0.3, -0.25) is 38.6 Å². The van der Waals surface area contributed by atoms with E-state index in [0.717, 1.165) is 22.9 Å². The lowest BCUT2D eigenvalue weighted by atomic mass is 9.89. The number of nitro groups is 1. The molecular weight excluding hydrogens is 1140 g/mol. The Hall–Kier alpha value is -6.80. The van der Waals surface area contributed by atoms with Crippen LogP contribution in [0.1, 0.15) is 50.1 Å². The molecule has 0 spiro atoms. The first-order valence-electron chi connectivity index (χ1n) is 21.3. The molecule has 77 heavy (non-hydrogen) atoms. The van der Waals surface area contributed by atoms with Gasteiger partial charge >= 0.3 is 35.1 Å². The van der Waals surface area contributed by atoms with Gasteiger partial charge in [-0.15, -0.1) is 0 Å². The van der Waals surface area contributed by atoms with Gasteiger partial charge in [0.15, 0.2) is 17.1 Å². The topological polar surface area (TPSA) is 435 Å². The predicted octanol–water partition coefficient (Wildman–Crippen LogP) is 3.91. The van der Waals surface area contributed by atoms with E-state index in [0.29, 0.717) is 0 Å². The largest absolute Gasteiger partial charge is 0.869 e. The van der Waals surface area contributed by atoms with Crippen molar-refractivity contribution in [2.45, 2.75) is 38.1 Å². The lowest BCUT2D eigenvalue weighted by Gasteiger charge is -2.22. The summed E-state index contributed by atoms with van der Waals surface area (Å²) in [4.78, 5) is 115. The van der Waals surface area contributed by atoms with Crippen LogP contribution >= 0.6 is 46.7 Å². The van der Waals surface area contributed by atoms with Crippen molar-refractivity contribution < 1.29 is 99.6 Å². The number of hydrogen-bond acceptors (Lipinski definition) is 20. The van der Waals surface area contributed by atoms with Crippen LogP contribution < -0.4 is 36.6 Å². The zero-order chi connectivity index (χ0) is 56.5. The first-order chi connectivity index (χ1) is 36.1. The summed E-state index contributed by atoms with van der Waals surface area (Å²) >= 11 is 12.9. The van der Waals surface area contributed by atoms with E-state index in [1.165, 1.54) is 50.6 Å². The Labute approximate surface area is 438 Å². The average Bonchev–Trinajstić information content (AvgIpc) is 3.77. The van der Waals surface area contributed by atoms with Crippen molar-refractivity contribution in [1.82, 2.24) is 14.9 Å². The molecule has 7 rings (SSSR count). The number of fused-ring (bicyclic) bond motifs is 2. The van der Waals surface area contributed by atoms with Gasteiger partial charge in [0.2, 0.25) is 5.43 Å². The minimum atomic E-state index is -5.85. The number of aromatic nitrogens is 2. The number of aliphatic hydroxyl groups excluding tert-OH is 1. The smallest absolute Gasteiger partial charge is 0.490 e. The fourth-order valence-corrected chi connectivity index (χ4v) is 11.1. The molecular formula is C43H36Cl2N4O25P3-. The van der Waals surface area contributed by atoms with Crippen LogP contribution in [0.25, 0.3) is 33.4 Å². The Balaban J connectivity index is 1.03. The number of nitro benzene ring substituents is 1. The SMILES string of the molecule is COc1cc2c(-c3cc(C(=O)NCC#Cc4ccc(COCc5cn([C@H]6CC(O)[C@@H](COP(=O)(O)OP(=O)(O)OP(=O)(O)O)O6)c(=O)[nH]c5=O)c([N+](=O)[O-])c4)ccc3C(=O)O)c3cc(OC)c(=O)c(Cl)c-3oc2c(Cl)c1[O-]. The predicted molar refractivity (Wildman–Crippen MR) is 261 cm³/mol. The number of halogens is 2. The van der Waals surface area contributed by atoms with Crippen LogP contribution in [0.3, 0.4) is 0 Å². The molecule has 29 nitrogen and oxygen atoms in total. The second-order valence-electron chi connectivity index (χ2n) is 16.0. The highest BCUT2D eigenvalue weighted by Gasteiger charge is 2.43. The van der Waals surface area contributed by atoms with Crippen LogP contribution in [0.4, 0.5) is 5.69 Å². The van der Waals surface area contributed by atoms with E-state index >= 15 is 0 Å². The number of hydrogen-bond donors (Lipinski definition) is 8. The molecule has 0 bridgehead atoms. The number of carboxylic acid groups (broad SMARTS) is 1. The summed E-state index contributed by atoms with van der Waals surface area (Å²) in [5.41, 5.74) is -4.13. The van der Waals surface area contributed by atoms with E-state index in [1.807, 2.05) is 4.98 Å². The number of methoxy groups -OCH3 is 2. The number of carbonyl (C=O) groups is 2. The fourth-order valence-electron chi connectivity index (χ4n) is 7.60. The number of carbonyl (C=O) groups excluding carboxylic acids is 1. The molecule has 3 aromatic carbocycles. The molecule has 3 unspecified atom stereocenters. The van der Waals surface area contributed by atoms with Crippen molar-refractivity contribution in [2.24, 2.45) is 0 Å². The summed E-state index contributed by atoms with van der Waals surface area (Å²) in [6.07, 6.45) is -3.84. The normalized spacial score (nSPS) is 17.0. The Morgan fingerprint density at radius 1 is 0.935 bits per heavy atom. The molecule has 1 aliphatic carbocycles. The van der Waals surface area contributed by atoms with Gasteiger partial charge in [-0.05, 0) is 53.8 Å². The van der Waals surface area contributed by atoms with Crippen LogP contribution in [0, 0.1) is 22.0 Å². The second-order valence-corrected chi connectivity index (χ2v) is 21.1. The van der Waals surface area contributed by atoms with Crippen LogP contribution in [0.15, 0.2) is 73.5 Å². The lowest BCUT2D eigenvalue weighted by Crippen LogP contribution is -2.34. The first-order valence-corrected chi connectivity index (χ1v) is 26.6. The number of aliphatic hydroxyl groups is 1. The van der Waals surface area contributed by atoms with Gasteiger partial charge in [0, 0.05) is 46.3 Å². The summed E-state index contributed by atoms with van der Waals surface area (Å²) < 4.78 is 74.6. The number of nitrogens with one attached hydrogen (secondary N) is 2. The number of benzene rings is 4. The van der Waals surface area contributed by atoms with Crippen LogP contribution in [0.2, 0.25) is 10.0 Å². The summed E-state index contributed by atoms with van der Waals surface area (Å²) in [7, 11) is -14.7. The molecule has 1 aromatic heterocycles. The standard InChI is InChI=1S/C43H37Cl2N4O25P3/c1-67-29-12-25-33(26-13-30(68-2)37(52)35(45)39(26)72-38(25)34(44)36(29)51)24-11-20(7-8-23(24)42(55)56)40(53)46-9-3-4-19-5-6-21(27(10-19)49(58)59)16-69-17-22-15-48(43(57)47-41(22)54)32-14-28(50)31(71-32)18-70-76(63,64)74-77(65,66)73-75(60,61)62/h5-8,10-13,15,28,31-32,50-51H,9,14,16-18H2,1-2H3,(H,46,53)(H,55,56)(H,63,64)(H,65,66)(H,47,54,57)(H2,60,61,62)/p-1/t28?,31-,32-/m1/s1. The lowest BCUT2D eigenvalue weighted by molar-refractivity contribution is -0.386. The van der Waals surface area contributed by atoms with Crippen molar-refractivity contribution in [2.75, 3.05) is 27.4 Å². The molecule has 3 aliphatic rings. The Morgan fingerprint density at radius 2 is 1.64 bits per heavy atom. The molecule has 2 aliphatic heterocycles. The van der Waals surface area contributed by atoms with E-state index in [-0.39, 0.29) is 79.3 Å². The highest BCUT2D eigenvalue weighted by molar-refractivity contribution is 7.66. The molecule has 34 heteroatoms. The van der Waals surface area contributed by atoms with Crippen LogP contribution in [-0.4, -0.2) is 95.7 Å². The molecule has 8 N–H and O–H groups in total. The number of amides is 1. The maximum atomic E-state index is 13.6. The van der Waals surface area contributed by atoms with Gasteiger partial charge in [-0.25, -0.2) is 23.3 Å². The second kappa shape index (κ2) is 23.0. The van der Waals surface area contributed by atoms with Crippen molar-refractivity contribution in [1.29, 1.82) is 0 Å². The molecule has 1 saturated heterocycles. The number of phosphoric ester groups is 1. The fraction of sp³-hybridized carbons (Fsp3) is 0.233. The maximum Gasteiger partial charge on any atom is 0.490 e. The molecule has 4 aromatic rings. The summed E-state index contributed by atoms with van der Waals surface area (Å²) in [6.45, 7) is -2.41. The summed E-state index contributed by atoms with van der Waals surface area (Å²) in [5.74, 6) is 1.56. The number of rotatable bonds is 19. The molecule has 0 saturated carbocycles. The zero-order valence-electron chi connectivity index (χ0n) is 38.9. The Bertz CT molecular complexity index is 3760. The van der Waals surface area contributed by atoms with Crippen molar-refractivity contribution in [3.63, 3.8) is 0 Å². The highest BCUT2D eigenvalue weighted by Crippen LogP contribution is 2.66. The third kappa shape index (κ3) is 13.1. The van der Waals surface area contributed by atoms with E-state index in [4.69, 9.17) is 56.4 Å². The maximum absolute atomic E-state index is 13.6. The average molecular weight is 1170 g/mol. The zero-order valence-corrected chi connectivity index (χ0v) is 43.1. The molecule has 1 amide bonds. The number of H-pyrrole nitrogens is 1. The van der Waals surface area contributed by atoms with Crippen molar-refractivity contribution in [3.8, 4) is 51.5 Å². The van der Waals surface area contributed by atoms with Gasteiger partial charge in [0.1, 0.15) is 23.1 Å². The first kappa shape index (κ1) is 57.9. The number of ether oxygens (including phenoxy) is 4. The minimum absolute atomic E-state index is 0.0105. The Kier molecular flexibility index (Phi) is 17.3. The van der Waals surface area contributed by atoms with Gasteiger partial charge < -0.3 is 63.6 Å². The van der Waals surface area contributed by atoms with E-state index in [9.17, 15) is 72.9 Å². The molecule has 5 atom stereocenters. The van der Waals surface area contributed by atoms with Gasteiger partial charge in [-0.2, -0.15) is 8.62 Å². The van der Waals surface area contributed by atoms with Gasteiger partial charge in [-0.1, -0.05) is 35.0 Å². The molecule has 0 radical (unpaired) electrons. The molecule has 408 valence electrons. The monoisotopic (exact) mass is 1170 g/mol. The van der Waals surface area contributed by atoms with Crippen molar-refractivity contribution in [3.05, 3.63) is 134 Å². The molecule has 3 heterocycles. The molecule has 1 fully saturated rings. The Morgan fingerprint density at radius 3 is 2.30 bits per heavy atom. The van der Waals surface area contributed by atoms with Gasteiger partial charge in [0.25, 0.3) is 17.2 Å². The number of aromatic carboxylic acids is 1. The van der Waals surface area contributed by atoms with E-state index < -0.39 is 123 Å². The van der Waals surface area contributed by atoms with Crippen molar-refractivity contribution >= 4 is 75.2 Å². The van der Waals surface area contributed by atoms with Crippen LogP contribution in [0.5, 0.6) is 17.2 Å². The van der Waals surface area contributed by atoms with E-state index in [1.54, 1.807) is 0 Å². The number of carboxylic acids is 1.